The second-order valence-electron chi connectivity index (χ2n) is 14.3. The van der Waals surface area contributed by atoms with E-state index in [9.17, 15) is 0 Å². The van der Waals surface area contributed by atoms with Crippen molar-refractivity contribution in [2.75, 3.05) is 0 Å². The zero-order valence-corrected chi connectivity index (χ0v) is 30.8. The average molecular weight is 728 g/mol. The van der Waals surface area contributed by atoms with Gasteiger partial charge in [0.15, 0.2) is 17.5 Å². The molecule has 0 N–H and O–H groups in total. The average Bonchev–Trinajstić information content (AvgIpc) is 3.68. The van der Waals surface area contributed by atoms with Gasteiger partial charge in [-0.15, -0.1) is 0 Å². The maximum atomic E-state index is 6.51. The van der Waals surface area contributed by atoms with Crippen LogP contribution in [0.5, 0.6) is 0 Å². The Morgan fingerprint density at radius 1 is 0.246 bits per heavy atom. The van der Waals surface area contributed by atoms with Crippen LogP contribution >= 0.6 is 0 Å². The third kappa shape index (κ3) is 5.66. The van der Waals surface area contributed by atoms with Crippen LogP contribution in [0, 0.1) is 0 Å². The molecule has 4 heteroatoms. The first kappa shape index (κ1) is 32.7. The molecule has 9 aromatic carbocycles. The summed E-state index contributed by atoms with van der Waals surface area (Å²) in [4.78, 5) is 15.8. The minimum atomic E-state index is 0.614. The van der Waals surface area contributed by atoms with Crippen LogP contribution < -0.4 is 0 Å². The van der Waals surface area contributed by atoms with Crippen molar-refractivity contribution in [3.8, 4) is 67.5 Å². The van der Waals surface area contributed by atoms with Gasteiger partial charge < -0.3 is 4.42 Å². The van der Waals surface area contributed by atoms with Crippen LogP contribution in [0.15, 0.2) is 205 Å². The highest BCUT2D eigenvalue weighted by molar-refractivity contribution is 6.13. The summed E-state index contributed by atoms with van der Waals surface area (Å²) >= 11 is 0. The molecule has 0 radical (unpaired) electrons. The summed E-state index contributed by atoms with van der Waals surface area (Å²) < 4.78 is 6.51. The standard InChI is InChI=1S/C53H33N3O/c1-3-14-34(15-4-1)35-26-28-37(29-27-35)51-54-52(47-32-30-38(36-16-5-2-6-17-36)39-18-7-9-20-41(39)47)56-53(55-51)48-33-31-43(40-19-8-10-21-42(40)48)45-23-13-24-46-44-22-11-12-25-49(44)57-50(45)46/h1-33H. The fourth-order valence-corrected chi connectivity index (χ4v) is 8.24. The van der Waals surface area contributed by atoms with Gasteiger partial charge in [-0.1, -0.05) is 182 Å². The van der Waals surface area contributed by atoms with Crippen molar-refractivity contribution < 1.29 is 4.42 Å². The summed E-state index contributed by atoms with van der Waals surface area (Å²) in [5.41, 5.74) is 11.3. The topological polar surface area (TPSA) is 51.8 Å². The Morgan fingerprint density at radius 2 is 0.684 bits per heavy atom. The monoisotopic (exact) mass is 727 g/mol. The molecule has 0 spiro atoms. The van der Waals surface area contributed by atoms with E-state index >= 15 is 0 Å². The molecular weight excluding hydrogens is 695 g/mol. The molecule has 0 unspecified atom stereocenters. The second-order valence-corrected chi connectivity index (χ2v) is 14.3. The summed E-state index contributed by atoms with van der Waals surface area (Å²) in [6.45, 7) is 0. The number of fused-ring (bicyclic) bond motifs is 5. The number of rotatable bonds is 6. The minimum absolute atomic E-state index is 0.614. The molecule has 0 amide bonds. The highest BCUT2D eigenvalue weighted by atomic mass is 16.3. The molecular formula is C53H33N3O. The minimum Gasteiger partial charge on any atom is -0.455 e. The van der Waals surface area contributed by atoms with Gasteiger partial charge in [0.1, 0.15) is 11.2 Å². The lowest BCUT2D eigenvalue weighted by molar-refractivity contribution is 0.670. The van der Waals surface area contributed by atoms with E-state index in [0.29, 0.717) is 17.5 Å². The number of hydrogen-bond donors (Lipinski definition) is 0. The van der Waals surface area contributed by atoms with Gasteiger partial charge in [0.2, 0.25) is 0 Å². The molecule has 2 heterocycles. The smallest absolute Gasteiger partial charge is 0.164 e. The number of nitrogens with zero attached hydrogens (tertiary/aromatic N) is 3. The molecule has 0 aliphatic heterocycles. The summed E-state index contributed by atoms with van der Waals surface area (Å²) in [7, 11) is 0. The van der Waals surface area contributed by atoms with Gasteiger partial charge in [-0.2, -0.15) is 0 Å². The fraction of sp³-hybridized carbons (Fsp3) is 0. The van der Waals surface area contributed by atoms with Crippen LogP contribution in [0.3, 0.4) is 0 Å². The van der Waals surface area contributed by atoms with Crippen LogP contribution in [0.1, 0.15) is 0 Å². The fourth-order valence-electron chi connectivity index (χ4n) is 8.24. The van der Waals surface area contributed by atoms with Crippen LogP contribution in [0.25, 0.3) is 111 Å². The van der Waals surface area contributed by atoms with Crippen molar-refractivity contribution in [1.82, 2.24) is 15.0 Å². The lowest BCUT2D eigenvalue weighted by Gasteiger charge is -2.15. The molecule has 0 aliphatic rings. The SMILES string of the molecule is c1ccc(-c2ccc(-c3nc(-c4ccc(-c5ccccc5)c5ccccc45)nc(-c4ccc(-c5cccc6c5oc5ccccc56)c5ccccc45)n3)cc2)cc1. The molecule has 0 bridgehead atoms. The first-order chi connectivity index (χ1) is 28.3. The van der Waals surface area contributed by atoms with Crippen molar-refractivity contribution in [2.24, 2.45) is 0 Å². The predicted molar refractivity (Wildman–Crippen MR) is 235 cm³/mol. The molecule has 0 saturated carbocycles. The second kappa shape index (κ2) is 13.6. The van der Waals surface area contributed by atoms with E-state index in [4.69, 9.17) is 19.4 Å². The summed E-state index contributed by atoms with van der Waals surface area (Å²) in [5, 5.41) is 6.59. The predicted octanol–water partition coefficient (Wildman–Crippen LogP) is 14.1. The van der Waals surface area contributed by atoms with Crippen molar-refractivity contribution in [3.05, 3.63) is 200 Å². The largest absolute Gasteiger partial charge is 0.455 e. The van der Waals surface area contributed by atoms with E-state index in [0.717, 1.165) is 82.4 Å². The van der Waals surface area contributed by atoms with Crippen LogP contribution in [-0.2, 0) is 0 Å². The van der Waals surface area contributed by atoms with Gasteiger partial charge in [0.05, 0.1) is 0 Å². The Bertz CT molecular complexity index is 3280. The lowest BCUT2D eigenvalue weighted by atomic mass is 9.93. The first-order valence-corrected chi connectivity index (χ1v) is 19.2. The zero-order valence-electron chi connectivity index (χ0n) is 30.8. The Labute approximate surface area is 329 Å². The van der Waals surface area contributed by atoms with E-state index in [1.54, 1.807) is 0 Å². The first-order valence-electron chi connectivity index (χ1n) is 19.2. The summed E-state index contributed by atoms with van der Waals surface area (Å²) in [6, 6.07) is 69.8. The van der Waals surface area contributed by atoms with Gasteiger partial charge in [0.25, 0.3) is 0 Å². The molecule has 2 aromatic heterocycles. The Morgan fingerprint density at radius 3 is 1.33 bits per heavy atom. The lowest BCUT2D eigenvalue weighted by Crippen LogP contribution is -2.01. The van der Waals surface area contributed by atoms with Gasteiger partial charge in [-0.25, -0.2) is 15.0 Å². The van der Waals surface area contributed by atoms with Crippen LogP contribution in [0.4, 0.5) is 0 Å². The van der Waals surface area contributed by atoms with Crippen molar-refractivity contribution in [2.45, 2.75) is 0 Å². The normalized spacial score (nSPS) is 11.5. The van der Waals surface area contributed by atoms with E-state index < -0.39 is 0 Å². The van der Waals surface area contributed by atoms with Gasteiger partial charge in [-0.3, -0.25) is 0 Å². The van der Waals surface area contributed by atoms with E-state index in [2.05, 4.69) is 182 Å². The third-order valence-corrected chi connectivity index (χ3v) is 11.0. The van der Waals surface area contributed by atoms with E-state index in [-0.39, 0.29) is 0 Å². The van der Waals surface area contributed by atoms with Crippen molar-refractivity contribution in [3.63, 3.8) is 0 Å². The van der Waals surface area contributed by atoms with Gasteiger partial charge in [-0.05, 0) is 67.6 Å². The number of benzene rings is 9. The van der Waals surface area contributed by atoms with Crippen LogP contribution in [-0.4, -0.2) is 15.0 Å². The molecule has 11 rings (SSSR count). The number of hydrogen-bond acceptors (Lipinski definition) is 4. The Hall–Kier alpha value is -7.69. The summed E-state index contributed by atoms with van der Waals surface area (Å²) in [5.74, 6) is 1.85. The van der Waals surface area contributed by atoms with Gasteiger partial charge in [0, 0.05) is 33.0 Å². The number of furan rings is 1. The maximum absolute atomic E-state index is 6.51. The molecule has 11 aromatic rings. The van der Waals surface area contributed by atoms with Gasteiger partial charge >= 0.3 is 0 Å². The van der Waals surface area contributed by atoms with Crippen molar-refractivity contribution in [1.29, 1.82) is 0 Å². The van der Waals surface area contributed by atoms with Crippen molar-refractivity contribution >= 4 is 43.5 Å². The van der Waals surface area contributed by atoms with E-state index in [1.165, 1.54) is 11.1 Å². The number of aromatic nitrogens is 3. The molecule has 0 aliphatic carbocycles. The Balaban J connectivity index is 1.12. The van der Waals surface area contributed by atoms with Crippen LogP contribution in [0.2, 0.25) is 0 Å². The molecule has 266 valence electrons. The molecule has 4 nitrogen and oxygen atoms in total. The highest BCUT2D eigenvalue weighted by Crippen LogP contribution is 2.42. The third-order valence-electron chi connectivity index (χ3n) is 11.0. The Kier molecular flexibility index (Phi) is 7.78. The van der Waals surface area contributed by atoms with E-state index in [1.807, 2.05) is 18.2 Å². The highest BCUT2D eigenvalue weighted by Gasteiger charge is 2.20. The molecule has 57 heavy (non-hydrogen) atoms. The number of para-hydroxylation sites is 2. The molecule has 0 fully saturated rings. The quantitative estimate of drug-likeness (QED) is 0.171. The molecule has 0 atom stereocenters. The molecule has 0 saturated heterocycles. The zero-order chi connectivity index (χ0) is 37.7. The maximum Gasteiger partial charge on any atom is 0.164 e. The summed E-state index contributed by atoms with van der Waals surface area (Å²) in [6.07, 6.45) is 0.